The van der Waals surface area contributed by atoms with Crippen LogP contribution in [-0.2, 0) is 0 Å². The van der Waals surface area contributed by atoms with Crippen molar-refractivity contribution in [2.45, 2.75) is 18.3 Å². The maximum absolute atomic E-state index is 13.6. The van der Waals surface area contributed by atoms with Crippen molar-refractivity contribution in [2.75, 3.05) is 13.2 Å². The fraction of sp³-hybridized carbons (Fsp3) is 0.455. The highest BCUT2D eigenvalue weighted by molar-refractivity contribution is 5.36. The maximum Gasteiger partial charge on any atom is 0.446 e. The molecule has 1 unspecified atom stereocenters. The molecule has 0 aromatic rings. The molecular weight excluding hydrogens is 354 g/mol. The summed E-state index contributed by atoms with van der Waals surface area (Å²) in [6.45, 7) is -3.06. The largest absolute Gasteiger partial charge is 0.446 e. The lowest BCUT2D eigenvalue weighted by atomic mass is 10.0. The number of aliphatic hydroxyl groups excluding tert-OH is 2. The van der Waals surface area contributed by atoms with Crippen LogP contribution in [-0.4, -0.2) is 35.3 Å². The van der Waals surface area contributed by atoms with Crippen LogP contribution in [0.15, 0.2) is 35.0 Å². The highest BCUT2D eigenvalue weighted by Crippen LogP contribution is 2.38. The summed E-state index contributed by atoms with van der Waals surface area (Å²) in [7, 11) is 0. The zero-order chi connectivity index (χ0) is 18.6. The summed E-state index contributed by atoms with van der Waals surface area (Å²) in [5.74, 6) is -20.0. The second kappa shape index (κ2) is 7.81. The van der Waals surface area contributed by atoms with E-state index in [1.165, 1.54) is 0 Å². The first-order chi connectivity index (χ1) is 10.3. The number of alkyl halides is 4. The second-order valence-electron chi connectivity index (χ2n) is 3.98. The van der Waals surface area contributed by atoms with E-state index in [4.69, 9.17) is 10.2 Å². The van der Waals surface area contributed by atoms with Crippen molar-refractivity contribution in [2.24, 2.45) is 0 Å². The third kappa shape index (κ3) is 4.96. The van der Waals surface area contributed by atoms with Crippen LogP contribution < -0.4 is 0 Å². The van der Waals surface area contributed by atoms with Gasteiger partial charge in [-0.1, -0.05) is 0 Å². The highest BCUT2D eigenvalue weighted by atomic mass is 19.4. The van der Waals surface area contributed by atoms with Gasteiger partial charge in [-0.3, -0.25) is 0 Å². The number of hydrogen-bond donors (Lipinski definition) is 2. The highest BCUT2D eigenvalue weighted by Gasteiger charge is 2.42. The molecule has 0 spiro atoms. The van der Waals surface area contributed by atoms with Gasteiger partial charge in [-0.05, 0) is 0 Å². The fourth-order valence-electron chi connectivity index (χ4n) is 1.14. The van der Waals surface area contributed by atoms with Gasteiger partial charge in [-0.2, -0.15) is 17.6 Å². The standard InChI is InChI=1S/C11H8F10O2/c12-4(5(13)7(15)9(17)11(19,20)21)6(14)8(16)10(18,3-23)1-2-22/h22-23H,1-3H2/b5-4-,8-6-,9-7+. The number of halogens is 10. The monoisotopic (exact) mass is 362 g/mol. The first-order valence-electron chi connectivity index (χ1n) is 5.48. The molecule has 0 radical (unpaired) electrons. The smallest absolute Gasteiger partial charge is 0.396 e. The molecule has 134 valence electrons. The van der Waals surface area contributed by atoms with Crippen LogP contribution in [0.25, 0.3) is 0 Å². The topological polar surface area (TPSA) is 40.5 Å². The van der Waals surface area contributed by atoms with E-state index in [2.05, 4.69) is 0 Å². The minimum Gasteiger partial charge on any atom is -0.396 e. The van der Waals surface area contributed by atoms with Gasteiger partial charge in [0.05, 0.1) is 6.61 Å². The van der Waals surface area contributed by atoms with Crippen molar-refractivity contribution in [1.82, 2.24) is 0 Å². The second-order valence-corrected chi connectivity index (χ2v) is 3.98. The molecule has 0 aromatic carbocycles. The molecule has 23 heavy (non-hydrogen) atoms. The zero-order valence-corrected chi connectivity index (χ0v) is 10.8. The Morgan fingerprint density at radius 1 is 0.652 bits per heavy atom. The van der Waals surface area contributed by atoms with Crippen LogP contribution in [0.1, 0.15) is 6.42 Å². The molecule has 0 aliphatic heterocycles. The van der Waals surface area contributed by atoms with Crippen LogP contribution in [0.5, 0.6) is 0 Å². The lowest BCUT2D eigenvalue weighted by Gasteiger charge is -2.20. The van der Waals surface area contributed by atoms with Crippen LogP contribution in [0.2, 0.25) is 0 Å². The van der Waals surface area contributed by atoms with Crippen LogP contribution >= 0.6 is 0 Å². The molecule has 0 aromatic heterocycles. The Kier molecular flexibility index (Phi) is 7.28. The molecule has 1 atom stereocenters. The molecule has 0 saturated heterocycles. The summed E-state index contributed by atoms with van der Waals surface area (Å²) in [4.78, 5) is 0. The van der Waals surface area contributed by atoms with E-state index in [1.54, 1.807) is 0 Å². The molecule has 0 bridgehead atoms. The van der Waals surface area contributed by atoms with E-state index >= 15 is 0 Å². The predicted octanol–water partition coefficient (Wildman–Crippen LogP) is 4.08. The summed E-state index contributed by atoms with van der Waals surface area (Å²) in [5, 5.41) is 16.9. The third-order valence-electron chi connectivity index (χ3n) is 2.36. The first kappa shape index (κ1) is 21.4. The van der Waals surface area contributed by atoms with E-state index in [-0.39, 0.29) is 0 Å². The van der Waals surface area contributed by atoms with E-state index in [0.717, 1.165) is 0 Å². The Hall–Kier alpha value is -1.56. The molecule has 12 heteroatoms. The Bertz CT molecular complexity index is 533. The molecule has 0 heterocycles. The Morgan fingerprint density at radius 2 is 1.04 bits per heavy atom. The minimum absolute atomic E-state index is 1.19. The lowest BCUT2D eigenvalue weighted by molar-refractivity contribution is -0.111. The summed E-state index contributed by atoms with van der Waals surface area (Å²) >= 11 is 0. The van der Waals surface area contributed by atoms with Gasteiger partial charge in [0, 0.05) is 13.0 Å². The van der Waals surface area contributed by atoms with E-state index in [9.17, 15) is 43.9 Å². The predicted molar refractivity (Wildman–Crippen MR) is 56.4 cm³/mol. The SMILES string of the molecule is OCCC(F)(CO)\C(F)=C(F)/C(F)=C(F)\C(F)=C(/F)C(F)(F)F. The van der Waals surface area contributed by atoms with Gasteiger partial charge in [0.25, 0.3) is 0 Å². The average Bonchev–Trinajstić information content (AvgIpc) is 2.49. The molecule has 0 saturated carbocycles. The minimum atomic E-state index is -6.08. The van der Waals surface area contributed by atoms with Crippen LogP contribution in [0.3, 0.4) is 0 Å². The van der Waals surface area contributed by atoms with Gasteiger partial charge in [-0.15, -0.1) is 0 Å². The van der Waals surface area contributed by atoms with Gasteiger partial charge < -0.3 is 10.2 Å². The summed E-state index contributed by atoms with van der Waals surface area (Å²) < 4.78 is 126. The Balaban J connectivity index is 6.08. The van der Waals surface area contributed by atoms with Gasteiger partial charge in [0.15, 0.2) is 23.1 Å². The Morgan fingerprint density at radius 3 is 1.35 bits per heavy atom. The van der Waals surface area contributed by atoms with Gasteiger partial charge in [0.1, 0.15) is 0 Å². The fourth-order valence-corrected chi connectivity index (χ4v) is 1.14. The van der Waals surface area contributed by atoms with Crippen molar-refractivity contribution in [3.8, 4) is 0 Å². The van der Waals surface area contributed by atoms with Crippen molar-refractivity contribution in [1.29, 1.82) is 0 Å². The number of rotatable bonds is 6. The quantitative estimate of drug-likeness (QED) is 0.552. The van der Waals surface area contributed by atoms with Gasteiger partial charge >= 0.3 is 6.18 Å². The van der Waals surface area contributed by atoms with E-state index in [1.807, 2.05) is 0 Å². The molecule has 0 rings (SSSR count). The molecule has 2 nitrogen and oxygen atoms in total. The van der Waals surface area contributed by atoms with Crippen molar-refractivity contribution in [3.63, 3.8) is 0 Å². The molecule has 0 fully saturated rings. The maximum atomic E-state index is 13.6. The Labute approximate surface area is 122 Å². The first-order valence-corrected chi connectivity index (χ1v) is 5.48. The molecule has 2 N–H and O–H groups in total. The molecule has 0 aliphatic rings. The normalized spacial score (nSPS) is 18.8. The average molecular weight is 362 g/mol. The summed E-state index contributed by atoms with van der Waals surface area (Å²) in [6.07, 6.45) is -7.42. The number of hydrogen-bond acceptors (Lipinski definition) is 2. The summed E-state index contributed by atoms with van der Waals surface area (Å²) in [5.41, 5.74) is -3.75. The lowest BCUT2D eigenvalue weighted by Crippen LogP contribution is -2.31. The molecule has 0 aliphatic carbocycles. The molecular formula is C11H8F10O2. The van der Waals surface area contributed by atoms with Crippen molar-refractivity contribution >= 4 is 0 Å². The number of aliphatic hydroxyl groups is 2. The summed E-state index contributed by atoms with van der Waals surface area (Å²) in [6, 6.07) is 0. The van der Waals surface area contributed by atoms with Crippen molar-refractivity contribution in [3.05, 3.63) is 35.0 Å². The van der Waals surface area contributed by atoms with Crippen molar-refractivity contribution < 1.29 is 54.1 Å². The van der Waals surface area contributed by atoms with Gasteiger partial charge in [-0.25, -0.2) is 26.3 Å². The van der Waals surface area contributed by atoms with Crippen LogP contribution in [0.4, 0.5) is 43.9 Å². The van der Waals surface area contributed by atoms with E-state index in [0.29, 0.717) is 0 Å². The number of allylic oxidation sites excluding steroid dienone is 5. The zero-order valence-electron chi connectivity index (χ0n) is 10.8. The van der Waals surface area contributed by atoms with Crippen LogP contribution in [0, 0.1) is 0 Å². The third-order valence-corrected chi connectivity index (χ3v) is 2.36. The van der Waals surface area contributed by atoms with E-state index < -0.39 is 66.4 Å². The van der Waals surface area contributed by atoms with Gasteiger partial charge in [0.2, 0.25) is 17.5 Å². The molecule has 0 amide bonds.